The second-order valence-corrected chi connectivity index (χ2v) is 4.74. The lowest BCUT2D eigenvalue weighted by Gasteiger charge is -2.10. The zero-order valence-corrected chi connectivity index (χ0v) is 11.2. The smallest absolute Gasteiger partial charge is 0.0734 e. The lowest BCUT2D eigenvalue weighted by atomic mass is 10.1. The largest absolute Gasteiger partial charge is 0.319 e. The van der Waals surface area contributed by atoms with Crippen molar-refractivity contribution in [3.05, 3.63) is 64.5 Å². The van der Waals surface area contributed by atoms with Crippen LogP contribution in [0.5, 0.6) is 0 Å². The molecule has 18 heavy (non-hydrogen) atoms. The molecule has 0 aliphatic carbocycles. The highest BCUT2D eigenvalue weighted by atomic mass is 35.5. The molecule has 1 atom stereocenters. The second-order valence-electron chi connectivity index (χ2n) is 3.96. The highest BCUT2D eigenvalue weighted by Gasteiger charge is 2.10. The maximum absolute atomic E-state index is 6.20. The normalized spacial score (nSPS) is 12.1. The average Bonchev–Trinajstić information content (AvgIpc) is 2.91. The predicted octanol–water partition coefficient (Wildman–Crippen LogP) is 3.77. The number of thiophene rings is 1. The fraction of sp³-hybridized carbons (Fsp3) is 0.0714. The van der Waals surface area contributed by atoms with Gasteiger partial charge in [0.15, 0.2) is 0 Å². The van der Waals surface area contributed by atoms with E-state index in [1.165, 1.54) is 0 Å². The van der Waals surface area contributed by atoms with E-state index < -0.39 is 0 Å². The Kier molecular flexibility index (Phi) is 3.97. The van der Waals surface area contributed by atoms with Crippen molar-refractivity contribution in [3.8, 4) is 0 Å². The van der Waals surface area contributed by atoms with Crippen LogP contribution in [0.3, 0.4) is 0 Å². The summed E-state index contributed by atoms with van der Waals surface area (Å²) in [6, 6.07) is 14.1. The fourth-order valence-electron chi connectivity index (χ4n) is 1.88. The third-order valence-electron chi connectivity index (χ3n) is 2.84. The summed E-state index contributed by atoms with van der Waals surface area (Å²) in [7, 11) is 0. The minimum Gasteiger partial charge on any atom is -0.319 e. The minimum atomic E-state index is -0.133. The van der Waals surface area contributed by atoms with Crippen LogP contribution in [0.2, 0.25) is 0 Å². The Morgan fingerprint density at radius 1 is 1.06 bits per heavy atom. The molecule has 0 saturated heterocycles. The highest BCUT2D eigenvalue weighted by Crippen LogP contribution is 2.22. The maximum atomic E-state index is 6.20. The van der Waals surface area contributed by atoms with Crippen LogP contribution < -0.4 is 5.73 Å². The molecule has 0 spiro atoms. The van der Waals surface area contributed by atoms with Crippen molar-refractivity contribution in [1.29, 1.82) is 0 Å². The van der Waals surface area contributed by atoms with Gasteiger partial charge in [0.2, 0.25) is 0 Å². The van der Waals surface area contributed by atoms with Crippen molar-refractivity contribution < 1.29 is 0 Å². The molecule has 92 valence electrons. The molecule has 0 fully saturated rings. The molecule has 0 bridgehead atoms. The predicted molar refractivity (Wildman–Crippen MR) is 79.3 cm³/mol. The molecule has 1 aromatic carbocycles. The van der Waals surface area contributed by atoms with Crippen molar-refractivity contribution >= 4 is 34.6 Å². The van der Waals surface area contributed by atoms with Gasteiger partial charge in [-0.25, -0.2) is 0 Å². The number of para-hydroxylation sites is 1. The molecule has 2 heterocycles. The fourth-order valence-corrected chi connectivity index (χ4v) is 2.57. The molecule has 0 aliphatic heterocycles. The summed E-state index contributed by atoms with van der Waals surface area (Å²) >= 11 is 1.66. The summed E-state index contributed by atoms with van der Waals surface area (Å²) in [6.45, 7) is 0. The molecular formula is C14H13ClN2S. The number of hydrogen-bond acceptors (Lipinski definition) is 3. The van der Waals surface area contributed by atoms with E-state index in [2.05, 4.69) is 22.5 Å². The van der Waals surface area contributed by atoms with Gasteiger partial charge >= 0.3 is 0 Å². The van der Waals surface area contributed by atoms with E-state index in [0.29, 0.717) is 0 Å². The topological polar surface area (TPSA) is 38.9 Å². The summed E-state index contributed by atoms with van der Waals surface area (Å²) < 4.78 is 0. The first-order chi connectivity index (χ1) is 8.34. The maximum Gasteiger partial charge on any atom is 0.0734 e. The number of benzene rings is 1. The van der Waals surface area contributed by atoms with Gasteiger partial charge in [0.25, 0.3) is 0 Å². The molecule has 0 saturated carbocycles. The van der Waals surface area contributed by atoms with Gasteiger partial charge in [-0.3, -0.25) is 4.98 Å². The Morgan fingerprint density at radius 3 is 2.67 bits per heavy atom. The van der Waals surface area contributed by atoms with E-state index in [4.69, 9.17) is 5.73 Å². The third kappa shape index (κ3) is 2.38. The van der Waals surface area contributed by atoms with Crippen molar-refractivity contribution in [2.24, 2.45) is 5.73 Å². The summed E-state index contributed by atoms with van der Waals surface area (Å²) in [6.07, 6.45) is 0. The lowest BCUT2D eigenvalue weighted by Crippen LogP contribution is -2.12. The molecular weight excluding hydrogens is 264 g/mol. The van der Waals surface area contributed by atoms with Crippen LogP contribution in [0.15, 0.2) is 53.2 Å². The van der Waals surface area contributed by atoms with E-state index in [0.717, 1.165) is 22.2 Å². The van der Waals surface area contributed by atoms with E-state index in [1.54, 1.807) is 11.3 Å². The first-order valence-corrected chi connectivity index (χ1v) is 6.42. The van der Waals surface area contributed by atoms with E-state index in [-0.39, 0.29) is 18.4 Å². The van der Waals surface area contributed by atoms with Gasteiger partial charge < -0.3 is 5.73 Å². The molecule has 0 radical (unpaired) electrons. The van der Waals surface area contributed by atoms with Crippen LogP contribution in [0.4, 0.5) is 0 Å². The first kappa shape index (κ1) is 13.0. The van der Waals surface area contributed by atoms with Gasteiger partial charge in [-0.15, -0.1) is 12.4 Å². The van der Waals surface area contributed by atoms with E-state index in [1.807, 2.05) is 35.7 Å². The lowest BCUT2D eigenvalue weighted by molar-refractivity contribution is 0.840. The number of pyridine rings is 1. The standard InChI is InChI=1S/C14H12N2S.ClH/c15-14(11-7-8-17-9-11)13-6-5-10-3-1-2-4-12(10)16-13;/h1-9,14H,15H2;1H/t14-;/m0./s1. The number of aromatic nitrogens is 1. The summed E-state index contributed by atoms with van der Waals surface area (Å²) in [5, 5.41) is 5.26. The minimum absolute atomic E-state index is 0. The Hall–Kier alpha value is -1.42. The van der Waals surface area contributed by atoms with Crippen molar-refractivity contribution in [2.75, 3.05) is 0 Å². The van der Waals surface area contributed by atoms with Crippen LogP contribution in [0, 0.1) is 0 Å². The van der Waals surface area contributed by atoms with Crippen LogP contribution in [-0.4, -0.2) is 4.98 Å². The number of halogens is 1. The molecule has 0 unspecified atom stereocenters. The SMILES string of the molecule is Cl.N[C@@H](c1ccsc1)c1ccc2ccccc2n1. The number of nitrogens with two attached hydrogens (primary N) is 1. The highest BCUT2D eigenvalue weighted by molar-refractivity contribution is 7.08. The van der Waals surface area contributed by atoms with Gasteiger partial charge in [-0.2, -0.15) is 11.3 Å². The van der Waals surface area contributed by atoms with E-state index in [9.17, 15) is 0 Å². The monoisotopic (exact) mass is 276 g/mol. The zero-order chi connectivity index (χ0) is 11.7. The van der Waals surface area contributed by atoms with Gasteiger partial charge in [0.05, 0.1) is 17.3 Å². The van der Waals surface area contributed by atoms with Crippen LogP contribution in [0.1, 0.15) is 17.3 Å². The van der Waals surface area contributed by atoms with Crippen LogP contribution in [0.25, 0.3) is 10.9 Å². The zero-order valence-electron chi connectivity index (χ0n) is 9.61. The molecule has 3 rings (SSSR count). The number of fused-ring (bicyclic) bond motifs is 1. The first-order valence-electron chi connectivity index (χ1n) is 5.48. The van der Waals surface area contributed by atoms with Crippen molar-refractivity contribution in [1.82, 2.24) is 4.98 Å². The Morgan fingerprint density at radius 2 is 1.89 bits per heavy atom. The molecule has 4 heteroatoms. The third-order valence-corrected chi connectivity index (χ3v) is 3.54. The number of rotatable bonds is 2. The molecule has 2 N–H and O–H groups in total. The summed E-state index contributed by atoms with van der Waals surface area (Å²) in [4.78, 5) is 4.61. The van der Waals surface area contributed by atoms with E-state index >= 15 is 0 Å². The van der Waals surface area contributed by atoms with Gasteiger partial charge in [-0.1, -0.05) is 24.3 Å². The second kappa shape index (κ2) is 5.48. The quantitative estimate of drug-likeness (QED) is 0.774. The Balaban J connectivity index is 0.00000120. The van der Waals surface area contributed by atoms with Crippen LogP contribution in [-0.2, 0) is 0 Å². The van der Waals surface area contributed by atoms with Gasteiger partial charge in [0, 0.05) is 5.39 Å². The Bertz CT molecular complexity index is 637. The Labute approximate surface area is 116 Å². The van der Waals surface area contributed by atoms with Crippen molar-refractivity contribution in [2.45, 2.75) is 6.04 Å². The van der Waals surface area contributed by atoms with Crippen LogP contribution >= 0.6 is 23.7 Å². The van der Waals surface area contributed by atoms with Gasteiger partial charge in [0.1, 0.15) is 0 Å². The van der Waals surface area contributed by atoms with Crippen molar-refractivity contribution in [3.63, 3.8) is 0 Å². The molecule has 0 aliphatic rings. The molecule has 2 nitrogen and oxygen atoms in total. The van der Waals surface area contributed by atoms with Gasteiger partial charge in [-0.05, 0) is 34.5 Å². The molecule has 3 aromatic rings. The molecule has 2 aromatic heterocycles. The molecule has 0 amide bonds. The number of hydrogen-bond donors (Lipinski definition) is 1. The summed E-state index contributed by atoms with van der Waals surface area (Å²) in [5.41, 5.74) is 9.23. The summed E-state index contributed by atoms with van der Waals surface area (Å²) in [5.74, 6) is 0. The number of nitrogens with zero attached hydrogens (tertiary/aromatic N) is 1. The average molecular weight is 277 g/mol.